The molecule has 0 rings (SSSR count). The van der Waals surface area contributed by atoms with Gasteiger partial charge in [-0.1, -0.05) is 64.7 Å². The summed E-state index contributed by atoms with van der Waals surface area (Å²) in [7, 11) is 0. The Morgan fingerprint density at radius 3 is 1.72 bits per heavy atom. The van der Waals surface area contributed by atoms with E-state index in [1.54, 1.807) is 0 Å². The molecule has 0 fully saturated rings. The molecule has 7 heteroatoms. The molecule has 6 N–H and O–H groups in total. The highest BCUT2D eigenvalue weighted by molar-refractivity contribution is 5.78. The standard InChI is InChI=1S/C18H36O7/c1-2-3-4-5-6-7-8-9-10-11-12-18(25,17(23)24)16(22)15(21)14(20)13-19/h14-16,19-22,25H,2-13H2,1H3,(H,23,24)/t14-,15-,16+,18-/m1/s1. The zero-order valence-electron chi connectivity index (χ0n) is 15.3. The van der Waals surface area contributed by atoms with Gasteiger partial charge < -0.3 is 30.6 Å². The Bertz CT molecular complexity index is 350. The summed E-state index contributed by atoms with van der Waals surface area (Å²) >= 11 is 0. The second-order valence-corrected chi connectivity index (χ2v) is 6.85. The number of unbranched alkanes of at least 4 members (excludes halogenated alkanes) is 9. The first-order valence-electron chi connectivity index (χ1n) is 9.42. The number of carboxylic acid groups (broad SMARTS) is 1. The van der Waals surface area contributed by atoms with Gasteiger partial charge in [-0.05, 0) is 12.8 Å². The van der Waals surface area contributed by atoms with Gasteiger partial charge in [-0.3, -0.25) is 0 Å². The summed E-state index contributed by atoms with van der Waals surface area (Å²) < 4.78 is 0. The molecule has 7 nitrogen and oxygen atoms in total. The summed E-state index contributed by atoms with van der Waals surface area (Å²) in [6, 6.07) is 0. The van der Waals surface area contributed by atoms with Gasteiger partial charge in [0.25, 0.3) is 0 Å². The average Bonchev–Trinajstić information content (AvgIpc) is 2.60. The van der Waals surface area contributed by atoms with E-state index in [1.165, 1.54) is 32.1 Å². The maximum absolute atomic E-state index is 11.3. The molecule has 150 valence electrons. The second-order valence-electron chi connectivity index (χ2n) is 6.85. The van der Waals surface area contributed by atoms with Crippen molar-refractivity contribution in [1.29, 1.82) is 0 Å². The van der Waals surface area contributed by atoms with E-state index < -0.39 is 36.5 Å². The molecule has 0 aromatic carbocycles. The van der Waals surface area contributed by atoms with Crippen LogP contribution in [0.25, 0.3) is 0 Å². The average molecular weight is 364 g/mol. The Kier molecular flexibility index (Phi) is 13.1. The molecule has 0 aliphatic heterocycles. The van der Waals surface area contributed by atoms with Crippen LogP contribution in [0.3, 0.4) is 0 Å². The van der Waals surface area contributed by atoms with Gasteiger partial charge in [0.1, 0.15) is 18.3 Å². The minimum atomic E-state index is -2.55. The zero-order valence-corrected chi connectivity index (χ0v) is 15.3. The molecule has 0 heterocycles. The molecule has 0 saturated carbocycles. The second kappa shape index (κ2) is 13.5. The fourth-order valence-electron chi connectivity index (χ4n) is 2.86. The van der Waals surface area contributed by atoms with Gasteiger partial charge >= 0.3 is 5.97 Å². The minimum Gasteiger partial charge on any atom is -0.479 e. The van der Waals surface area contributed by atoms with Crippen molar-refractivity contribution in [2.24, 2.45) is 0 Å². The highest BCUT2D eigenvalue weighted by Crippen LogP contribution is 2.24. The van der Waals surface area contributed by atoms with Crippen LogP contribution in [0.1, 0.15) is 77.6 Å². The van der Waals surface area contributed by atoms with Crippen LogP contribution in [0.5, 0.6) is 0 Å². The maximum Gasteiger partial charge on any atom is 0.338 e. The van der Waals surface area contributed by atoms with Crippen molar-refractivity contribution in [1.82, 2.24) is 0 Å². The van der Waals surface area contributed by atoms with Crippen LogP contribution in [-0.2, 0) is 4.79 Å². The van der Waals surface area contributed by atoms with Crippen LogP contribution in [0.2, 0.25) is 0 Å². The number of hydrogen-bond donors (Lipinski definition) is 6. The number of aliphatic hydroxyl groups excluding tert-OH is 4. The van der Waals surface area contributed by atoms with Crippen LogP contribution in [0, 0.1) is 0 Å². The Balaban J connectivity index is 4.13. The van der Waals surface area contributed by atoms with E-state index in [4.69, 9.17) is 5.11 Å². The molecule has 4 atom stereocenters. The summed E-state index contributed by atoms with van der Waals surface area (Å²) in [4.78, 5) is 11.3. The summed E-state index contributed by atoms with van der Waals surface area (Å²) in [6.45, 7) is 1.34. The van der Waals surface area contributed by atoms with Crippen LogP contribution < -0.4 is 0 Å². The molecule has 0 radical (unpaired) electrons. The molecule has 0 spiro atoms. The van der Waals surface area contributed by atoms with Crippen molar-refractivity contribution in [2.45, 2.75) is 101 Å². The normalized spacial score (nSPS) is 17.7. The highest BCUT2D eigenvalue weighted by atomic mass is 16.4. The predicted molar refractivity (Wildman–Crippen MR) is 94.2 cm³/mol. The van der Waals surface area contributed by atoms with E-state index in [2.05, 4.69) is 6.92 Å². The molecule has 0 bridgehead atoms. The molecular formula is C18H36O7. The Morgan fingerprint density at radius 2 is 1.32 bits per heavy atom. The number of aliphatic hydroxyl groups is 5. The Hall–Kier alpha value is -0.730. The topological polar surface area (TPSA) is 138 Å². The number of aliphatic carboxylic acids is 1. The predicted octanol–water partition coefficient (Wildman–Crippen LogP) is 1.19. The quantitative estimate of drug-likeness (QED) is 0.226. The summed E-state index contributed by atoms with van der Waals surface area (Å²) in [6.07, 6.45) is 4.45. The third-order valence-electron chi connectivity index (χ3n) is 4.68. The van der Waals surface area contributed by atoms with Crippen LogP contribution in [0.4, 0.5) is 0 Å². The SMILES string of the molecule is CCCCCCCCCCCC[C@](O)(C(=O)O)[C@@H](O)[C@H](O)[C@H](O)CO. The van der Waals surface area contributed by atoms with Gasteiger partial charge in [0, 0.05) is 0 Å². The molecule has 0 amide bonds. The van der Waals surface area contributed by atoms with Crippen molar-refractivity contribution in [2.75, 3.05) is 6.61 Å². The Morgan fingerprint density at radius 1 is 0.880 bits per heavy atom. The zero-order chi connectivity index (χ0) is 19.3. The monoisotopic (exact) mass is 364 g/mol. The van der Waals surface area contributed by atoms with Gasteiger partial charge in [-0.2, -0.15) is 0 Å². The summed E-state index contributed by atoms with van der Waals surface area (Å²) in [5.74, 6) is -1.65. The lowest BCUT2D eigenvalue weighted by atomic mass is 9.85. The van der Waals surface area contributed by atoms with Gasteiger partial charge in [-0.25, -0.2) is 4.79 Å². The molecule has 0 aliphatic carbocycles. The molecule has 0 saturated heterocycles. The smallest absolute Gasteiger partial charge is 0.338 e. The van der Waals surface area contributed by atoms with E-state index in [1.807, 2.05) is 0 Å². The first-order chi connectivity index (χ1) is 11.8. The van der Waals surface area contributed by atoms with Crippen molar-refractivity contribution in [3.63, 3.8) is 0 Å². The molecule has 0 aromatic rings. The van der Waals surface area contributed by atoms with E-state index in [-0.39, 0.29) is 6.42 Å². The van der Waals surface area contributed by atoms with Gasteiger partial charge in [0.05, 0.1) is 6.61 Å². The van der Waals surface area contributed by atoms with E-state index in [0.717, 1.165) is 25.7 Å². The lowest BCUT2D eigenvalue weighted by Crippen LogP contribution is -2.58. The molecule has 0 aliphatic rings. The number of carbonyl (C=O) groups is 1. The van der Waals surface area contributed by atoms with Crippen molar-refractivity contribution >= 4 is 5.97 Å². The number of carboxylic acids is 1. The van der Waals surface area contributed by atoms with Gasteiger partial charge in [-0.15, -0.1) is 0 Å². The number of hydrogen-bond acceptors (Lipinski definition) is 6. The lowest BCUT2D eigenvalue weighted by Gasteiger charge is -2.33. The van der Waals surface area contributed by atoms with E-state index in [9.17, 15) is 30.3 Å². The summed E-state index contributed by atoms with van der Waals surface area (Å²) in [5, 5.41) is 57.0. The highest BCUT2D eigenvalue weighted by Gasteiger charge is 2.47. The van der Waals surface area contributed by atoms with Crippen LogP contribution in [-0.4, -0.2) is 67.1 Å². The van der Waals surface area contributed by atoms with E-state index >= 15 is 0 Å². The minimum absolute atomic E-state index is 0.227. The largest absolute Gasteiger partial charge is 0.479 e. The molecule has 0 unspecified atom stereocenters. The van der Waals surface area contributed by atoms with Crippen molar-refractivity contribution in [3.05, 3.63) is 0 Å². The number of rotatable bonds is 16. The van der Waals surface area contributed by atoms with Gasteiger partial charge in [0.15, 0.2) is 5.60 Å². The summed E-state index contributed by atoms with van der Waals surface area (Å²) in [5.41, 5.74) is -2.55. The fourth-order valence-corrected chi connectivity index (χ4v) is 2.86. The van der Waals surface area contributed by atoms with E-state index in [0.29, 0.717) is 6.42 Å². The van der Waals surface area contributed by atoms with Crippen molar-refractivity contribution in [3.8, 4) is 0 Å². The van der Waals surface area contributed by atoms with Crippen molar-refractivity contribution < 1.29 is 35.4 Å². The van der Waals surface area contributed by atoms with Crippen LogP contribution >= 0.6 is 0 Å². The first kappa shape index (κ1) is 24.3. The fraction of sp³-hybridized carbons (Fsp3) is 0.944. The van der Waals surface area contributed by atoms with Crippen LogP contribution in [0.15, 0.2) is 0 Å². The molecular weight excluding hydrogens is 328 g/mol. The third kappa shape index (κ3) is 8.96. The van der Waals surface area contributed by atoms with Gasteiger partial charge in [0.2, 0.25) is 0 Å². The maximum atomic E-state index is 11.3. The lowest BCUT2D eigenvalue weighted by molar-refractivity contribution is -0.192. The Labute approximate surface area is 150 Å². The molecule has 0 aromatic heterocycles. The third-order valence-corrected chi connectivity index (χ3v) is 4.68. The molecule has 25 heavy (non-hydrogen) atoms. The first-order valence-corrected chi connectivity index (χ1v) is 9.42.